The molecule has 3 aromatic carbocycles. The van der Waals surface area contributed by atoms with E-state index in [2.05, 4.69) is 47.4 Å². The zero-order chi connectivity index (χ0) is 27.2. The summed E-state index contributed by atoms with van der Waals surface area (Å²) in [6.45, 7) is 0. The highest BCUT2D eigenvalue weighted by atomic mass is 32.1. The molecule has 4 aromatic rings. The zero-order valence-electron chi connectivity index (χ0n) is 21.7. The number of anilines is 1. The van der Waals surface area contributed by atoms with Gasteiger partial charge < -0.3 is 4.74 Å². The van der Waals surface area contributed by atoms with E-state index in [1.54, 1.807) is 30.6 Å². The van der Waals surface area contributed by atoms with E-state index in [1.807, 2.05) is 28.6 Å². The number of benzene rings is 3. The van der Waals surface area contributed by atoms with Crippen molar-refractivity contribution in [1.82, 2.24) is 4.90 Å². The first-order valence-electron chi connectivity index (χ1n) is 13.1. The Balaban J connectivity index is 1.46. The van der Waals surface area contributed by atoms with E-state index < -0.39 is 4.92 Å². The van der Waals surface area contributed by atoms with Crippen LogP contribution in [-0.2, 0) is 6.42 Å². The maximum Gasteiger partial charge on any atom is 0.269 e. The molecule has 8 nitrogen and oxygen atoms in total. The lowest BCUT2D eigenvalue weighted by Crippen LogP contribution is -2.43. The molecule has 198 valence electrons. The number of methoxy groups -OCH3 is 1. The van der Waals surface area contributed by atoms with E-state index in [4.69, 9.17) is 14.8 Å². The molecule has 1 aromatic heterocycles. The Morgan fingerprint density at radius 3 is 2.50 bits per heavy atom. The third-order valence-corrected chi connectivity index (χ3v) is 8.44. The molecule has 1 atom stereocenters. The molecule has 0 radical (unpaired) electrons. The first kappa shape index (κ1) is 24.3. The number of thiophene rings is 1. The van der Waals surface area contributed by atoms with Crippen molar-refractivity contribution in [1.29, 1.82) is 0 Å². The lowest BCUT2D eigenvalue weighted by atomic mass is 9.90. The number of amidine groups is 1. The van der Waals surface area contributed by atoms with E-state index in [0.717, 1.165) is 52.5 Å². The lowest BCUT2D eigenvalue weighted by Gasteiger charge is -2.37. The van der Waals surface area contributed by atoms with Crippen molar-refractivity contribution in [2.75, 3.05) is 12.1 Å². The molecule has 3 aliphatic rings. The van der Waals surface area contributed by atoms with Gasteiger partial charge in [-0.3, -0.25) is 15.0 Å². The van der Waals surface area contributed by atoms with E-state index in [1.165, 1.54) is 23.3 Å². The summed E-state index contributed by atoms with van der Waals surface area (Å²) < 4.78 is 5.47. The smallest absolute Gasteiger partial charge is 0.269 e. The van der Waals surface area contributed by atoms with Crippen LogP contribution in [0.2, 0.25) is 0 Å². The van der Waals surface area contributed by atoms with E-state index in [0.29, 0.717) is 11.6 Å². The molecule has 0 amide bonds. The summed E-state index contributed by atoms with van der Waals surface area (Å²) in [5.74, 6) is 2.28. The maximum absolute atomic E-state index is 11.3. The second-order valence-electron chi connectivity index (χ2n) is 9.83. The predicted octanol–water partition coefficient (Wildman–Crippen LogP) is 7.01. The highest BCUT2D eigenvalue weighted by Gasteiger charge is 2.44. The van der Waals surface area contributed by atoms with Crippen LogP contribution in [0.25, 0.3) is 5.70 Å². The number of fused-ring (bicyclic) bond motifs is 3. The molecule has 0 fully saturated rings. The second kappa shape index (κ2) is 9.77. The monoisotopic (exact) mass is 547 g/mol. The van der Waals surface area contributed by atoms with Gasteiger partial charge >= 0.3 is 0 Å². The maximum atomic E-state index is 11.3. The van der Waals surface area contributed by atoms with Crippen molar-refractivity contribution in [2.24, 2.45) is 10.1 Å². The van der Waals surface area contributed by atoms with Crippen LogP contribution in [0.4, 0.5) is 11.4 Å². The summed E-state index contributed by atoms with van der Waals surface area (Å²) in [5.41, 5.74) is 6.54. The van der Waals surface area contributed by atoms with E-state index in [-0.39, 0.29) is 11.7 Å². The fourth-order valence-electron chi connectivity index (χ4n) is 5.71. The topological polar surface area (TPSA) is 83.6 Å². The Labute approximate surface area is 235 Å². The molecule has 0 saturated carbocycles. The molecular formula is C31H25N5O3S. The number of nitrogens with zero attached hydrogens (tertiary/aromatic N) is 5. The first-order valence-corrected chi connectivity index (χ1v) is 14.0. The third-order valence-electron chi connectivity index (χ3n) is 7.57. The molecule has 1 aliphatic carbocycles. The Morgan fingerprint density at radius 1 is 0.975 bits per heavy atom. The Bertz CT molecular complexity index is 1690. The number of hydrogen-bond donors (Lipinski definition) is 0. The van der Waals surface area contributed by atoms with Gasteiger partial charge in [-0.25, -0.2) is 4.99 Å². The van der Waals surface area contributed by atoms with Crippen LogP contribution in [-0.4, -0.2) is 28.7 Å². The largest absolute Gasteiger partial charge is 0.497 e. The molecule has 0 N–H and O–H groups in total. The first-order chi connectivity index (χ1) is 19.6. The number of aryl methyl sites for hydroxylation is 1. The number of hydrogen-bond acceptors (Lipinski definition) is 8. The van der Waals surface area contributed by atoms with Crippen molar-refractivity contribution >= 4 is 40.2 Å². The molecular weight excluding hydrogens is 522 g/mol. The van der Waals surface area contributed by atoms with Crippen LogP contribution in [0, 0.1) is 10.1 Å². The lowest BCUT2D eigenvalue weighted by molar-refractivity contribution is -0.384. The summed E-state index contributed by atoms with van der Waals surface area (Å²) in [6, 6.07) is 27.2. The van der Waals surface area contributed by atoms with Crippen molar-refractivity contribution < 1.29 is 9.66 Å². The summed E-state index contributed by atoms with van der Waals surface area (Å²) in [6.07, 6.45) is 2.92. The van der Waals surface area contributed by atoms with Crippen molar-refractivity contribution in [2.45, 2.75) is 25.3 Å². The molecule has 3 heterocycles. The average Bonchev–Trinajstić information content (AvgIpc) is 3.61. The number of guanidine groups is 1. The van der Waals surface area contributed by atoms with Crippen LogP contribution in [0.5, 0.6) is 5.75 Å². The van der Waals surface area contributed by atoms with Gasteiger partial charge in [0.1, 0.15) is 5.75 Å². The Hall–Kier alpha value is -4.76. The molecule has 40 heavy (non-hydrogen) atoms. The van der Waals surface area contributed by atoms with Crippen LogP contribution >= 0.6 is 11.3 Å². The van der Waals surface area contributed by atoms with Gasteiger partial charge in [0.15, 0.2) is 5.84 Å². The summed E-state index contributed by atoms with van der Waals surface area (Å²) >= 11 is 1.63. The standard InChI is InChI=1S/C31H25N5O3S/c1-39-24-17-11-21(12-18-24)29-26-9-4-7-20-6-2-3-8-25(20)28(26)32-31-34(29)30(27-10-5-19-40-27)33-35(31)22-13-15-23(16-14-22)36(37)38/h2-3,5-6,8,10-19,29H,4,7,9H2,1H3. The average molecular weight is 548 g/mol. The van der Waals surface area contributed by atoms with Gasteiger partial charge in [-0.05, 0) is 71.7 Å². The van der Waals surface area contributed by atoms with Crippen LogP contribution in [0.1, 0.15) is 40.5 Å². The predicted molar refractivity (Wildman–Crippen MR) is 158 cm³/mol. The molecule has 0 spiro atoms. The Morgan fingerprint density at radius 2 is 1.77 bits per heavy atom. The molecule has 7 rings (SSSR count). The number of nitro benzene ring substituents is 1. The molecule has 0 bridgehead atoms. The SMILES string of the molecule is COc1ccc(C2C3=C(N=C4N(c5ccc([N+](=O)[O-])cc5)N=C(c5cccs5)N42)c2ccccc2CCC3)cc1. The number of nitro groups is 1. The summed E-state index contributed by atoms with van der Waals surface area (Å²) in [5, 5.41) is 20.3. The Kier molecular flexibility index (Phi) is 5.93. The van der Waals surface area contributed by atoms with Gasteiger partial charge in [-0.1, -0.05) is 42.5 Å². The zero-order valence-corrected chi connectivity index (χ0v) is 22.5. The molecule has 2 aliphatic heterocycles. The third kappa shape index (κ3) is 3.97. The van der Waals surface area contributed by atoms with Crippen LogP contribution in [0.15, 0.2) is 106 Å². The van der Waals surface area contributed by atoms with Gasteiger partial charge in [0.2, 0.25) is 5.96 Å². The molecule has 1 unspecified atom stereocenters. The summed E-state index contributed by atoms with van der Waals surface area (Å²) in [7, 11) is 1.67. The van der Waals surface area contributed by atoms with E-state index in [9.17, 15) is 10.1 Å². The quantitative estimate of drug-likeness (QED) is 0.198. The highest BCUT2D eigenvalue weighted by Crippen LogP contribution is 2.47. The molecule has 0 saturated heterocycles. The van der Waals surface area contributed by atoms with Crippen molar-refractivity contribution in [3.63, 3.8) is 0 Å². The second-order valence-corrected chi connectivity index (χ2v) is 10.8. The fraction of sp³-hybridized carbons (Fsp3) is 0.161. The minimum absolute atomic E-state index is 0.0339. The highest BCUT2D eigenvalue weighted by molar-refractivity contribution is 7.12. The van der Waals surface area contributed by atoms with E-state index >= 15 is 0 Å². The number of hydrazone groups is 1. The van der Waals surface area contributed by atoms with Gasteiger partial charge in [-0.15, -0.1) is 16.4 Å². The number of aliphatic imine (C=N–C) groups is 1. The van der Waals surface area contributed by atoms with Gasteiger partial charge in [-0.2, -0.15) is 5.01 Å². The normalized spacial score (nSPS) is 17.9. The van der Waals surface area contributed by atoms with Crippen LogP contribution in [0.3, 0.4) is 0 Å². The fourth-order valence-corrected chi connectivity index (χ4v) is 6.41. The summed E-state index contributed by atoms with van der Waals surface area (Å²) in [4.78, 5) is 19.5. The van der Waals surface area contributed by atoms with Crippen LogP contribution < -0.4 is 9.75 Å². The minimum Gasteiger partial charge on any atom is -0.497 e. The minimum atomic E-state index is -0.391. The van der Waals surface area contributed by atoms with Gasteiger partial charge in [0, 0.05) is 17.7 Å². The molecule has 9 heteroatoms. The number of non-ortho nitro benzene ring substituents is 1. The van der Waals surface area contributed by atoms with Gasteiger partial charge in [0.05, 0.1) is 34.3 Å². The number of ether oxygens (including phenoxy) is 1. The number of rotatable bonds is 5. The van der Waals surface area contributed by atoms with Crippen molar-refractivity contribution in [3.8, 4) is 5.75 Å². The van der Waals surface area contributed by atoms with Crippen molar-refractivity contribution in [3.05, 3.63) is 128 Å². The van der Waals surface area contributed by atoms with Gasteiger partial charge in [0.25, 0.3) is 5.69 Å².